The molecule has 10 heteroatoms. The minimum atomic E-state index is -4.06. The molecular weight excluding hydrogens is 344 g/mol. The van der Waals surface area contributed by atoms with Gasteiger partial charge in [-0.1, -0.05) is 0 Å². The first-order chi connectivity index (χ1) is 10.6. The lowest BCUT2D eigenvalue weighted by atomic mass is 10.2. The Hall–Kier alpha value is -1.67. The van der Waals surface area contributed by atoms with E-state index in [1.807, 2.05) is 6.07 Å². The highest BCUT2D eigenvalue weighted by molar-refractivity contribution is 7.86. The van der Waals surface area contributed by atoms with Crippen LogP contribution in [0.5, 0.6) is 0 Å². The quantitative estimate of drug-likeness (QED) is 0.619. The van der Waals surface area contributed by atoms with Crippen molar-refractivity contribution in [1.82, 2.24) is 0 Å². The third kappa shape index (κ3) is 8.51. The molecule has 0 saturated carbocycles. The number of hydrogen-bond acceptors (Lipinski definition) is 6. The number of benzene rings is 1. The standard InChI is InChI=1S/C13H18N2O6S2/c14-11-12-3-5-13(6-4-12)15(7-1-9-22(16,17)18)8-2-10-23(19,20)21/h3-6H,1-2,7-10H2,(H,16,17,18)(H,19,20,21). The predicted octanol–water partition coefficient (Wildman–Crippen LogP) is 0.920. The van der Waals surface area contributed by atoms with E-state index < -0.39 is 31.7 Å². The van der Waals surface area contributed by atoms with Crippen LogP contribution in [0.3, 0.4) is 0 Å². The molecule has 0 spiro atoms. The van der Waals surface area contributed by atoms with E-state index in [0.29, 0.717) is 11.3 Å². The van der Waals surface area contributed by atoms with Gasteiger partial charge >= 0.3 is 0 Å². The molecule has 23 heavy (non-hydrogen) atoms. The Kier molecular flexibility index (Phi) is 6.96. The van der Waals surface area contributed by atoms with E-state index >= 15 is 0 Å². The Morgan fingerprint density at radius 3 is 1.70 bits per heavy atom. The molecule has 1 rings (SSSR count). The summed E-state index contributed by atoms with van der Waals surface area (Å²) in [6.07, 6.45) is 0.315. The van der Waals surface area contributed by atoms with Crippen LogP contribution < -0.4 is 4.90 Å². The average molecular weight is 362 g/mol. The van der Waals surface area contributed by atoms with Crippen molar-refractivity contribution in [3.05, 3.63) is 29.8 Å². The number of anilines is 1. The average Bonchev–Trinajstić information content (AvgIpc) is 2.43. The maximum Gasteiger partial charge on any atom is 0.264 e. The highest BCUT2D eigenvalue weighted by atomic mass is 32.2. The van der Waals surface area contributed by atoms with Crippen molar-refractivity contribution in [2.45, 2.75) is 12.8 Å². The fourth-order valence-electron chi connectivity index (χ4n) is 1.99. The maximum absolute atomic E-state index is 10.8. The fraction of sp³-hybridized carbons (Fsp3) is 0.462. The van der Waals surface area contributed by atoms with Gasteiger partial charge in [-0.2, -0.15) is 22.1 Å². The van der Waals surface area contributed by atoms with Crippen molar-refractivity contribution in [2.24, 2.45) is 0 Å². The lowest BCUT2D eigenvalue weighted by Gasteiger charge is -2.24. The first kappa shape index (κ1) is 19.4. The number of rotatable bonds is 9. The minimum Gasteiger partial charge on any atom is -0.371 e. The molecule has 0 aliphatic heterocycles. The van der Waals surface area contributed by atoms with Crippen LogP contribution in [-0.2, 0) is 20.2 Å². The zero-order valence-corrected chi connectivity index (χ0v) is 13.9. The number of nitrogens with zero attached hydrogens (tertiary/aromatic N) is 2. The van der Waals surface area contributed by atoms with Gasteiger partial charge in [0.25, 0.3) is 20.2 Å². The Morgan fingerprint density at radius 1 is 0.913 bits per heavy atom. The summed E-state index contributed by atoms with van der Waals surface area (Å²) in [5.41, 5.74) is 1.15. The Balaban J connectivity index is 2.75. The van der Waals surface area contributed by atoms with Crippen LogP contribution in [0.2, 0.25) is 0 Å². The molecule has 1 aromatic rings. The fourth-order valence-corrected chi connectivity index (χ4v) is 2.98. The highest BCUT2D eigenvalue weighted by Crippen LogP contribution is 2.16. The van der Waals surface area contributed by atoms with Crippen LogP contribution in [-0.4, -0.2) is 50.5 Å². The molecule has 0 aliphatic carbocycles. The molecular formula is C13H18N2O6S2. The summed E-state index contributed by atoms with van der Waals surface area (Å²) < 4.78 is 60.6. The summed E-state index contributed by atoms with van der Waals surface area (Å²) in [5, 5.41) is 8.78. The van der Waals surface area contributed by atoms with Crippen LogP contribution in [0.15, 0.2) is 24.3 Å². The van der Waals surface area contributed by atoms with Crippen LogP contribution in [0.1, 0.15) is 18.4 Å². The molecule has 0 radical (unpaired) electrons. The molecule has 1 aromatic carbocycles. The topological polar surface area (TPSA) is 136 Å². The van der Waals surface area contributed by atoms with E-state index in [1.165, 1.54) is 0 Å². The van der Waals surface area contributed by atoms with Crippen LogP contribution >= 0.6 is 0 Å². The van der Waals surface area contributed by atoms with E-state index in [-0.39, 0.29) is 25.9 Å². The first-order valence-corrected chi connectivity index (χ1v) is 9.98. The first-order valence-electron chi connectivity index (χ1n) is 6.76. The van der Waals surface area contributed by atoms with Gasteiger partial charge in [0.15, 0.2) is 0 Å². The van der Waals surface area contributed by atoms with Crippen LogP contribution in [0, 0.1) is 11.3 Å². The molecule has 0 atom stereocenters. The van der Waals surface area contributed by atoms with Crippen molar-refractivity contribution >= 4 is 25.9 Å². The summed E-state index contributed by atoms with van der Waals surface area (Å²) in [7, 11) is -8.12. The van der Waals surface area contributed by atoms with Crippen molar-refractivity contribution in [3.8, 4) is 6.07 Å². The van der Waals surface area contributed by atoms with E-state index in [1.54, 1.807) is 29.2 Å². The highest BCUT2D eigenvalue weighted by Gasteiger charge is 2.12. The normalized spacial score (nSPS) is 11.9. The van der Waals surface area contributed by atoms with E-state index in [4.69, 9.17) is 14.4 Å². The van der Waals surface area contributed by atoms with Crippen molar-refractivity contribution in [2.75, 3.05) is 29.5 Å². The molecule has 128 valence electrons. The molecule has 0 bridgehead atoms. The van der Waals surface area contributed by atoms with Gasteiger partial charge < -0.3 is 4.90 Å². The third-order valence-electron chi connectivity index (χ3n) is 3.02. The zero-order valence-electron chi connectivity index (χ0n) is 12.3. The Morgan fingerprint density at radius 2 is 1.35 bits per heavy atom. The van der Waals surface area contributed by atoms with E-state index in [9.17, 15) is 16.8 Å². The molecule has 0 amide bonds. The molecule has 0 unspecified atom stereocenters. The van der Waals surface area contributed by atoms with Gasteiger partial charge in [-0.25, -0.2) is 0 Å². The monoisotopic (exact) mass is 362 g/mol. The second-order valence-corrected chi connectivity index (χ2v) is 8.07. The van der Waals surface area contributed by atoms with Gasteiger partial charge in [0.1, 0.15) is 0 Å². The summed E-state index contributed by atoms with van der Waals surface area (Å²) in [5.74, 6) is -0.809. The Bertz CT molecular complexity index is 713. The summed E-state index contributed by atoms with van der Waals surface area (Å²) in [6, 6.07) is 8.49. The van der Waals surface area contributed by atoms with Gasteiger partial charge in [0.2, 0.25) is 0 Å². The lowest BCUT2D eigenvalue weighted by molar-refractivity contribution is 0.480. The molecule has 2 N–H and O–H groups in total. The van der Waals surface area contributed by atoms with Crippen molar-refractivity contribution in [3.63, 3.8) is 0 Å². The predicted molar refractivity (Wildman–Crippen MR) is 85.4 cm³/mol. The smallest absolute Gasteiger partial charge is 0.264 e. The molecule has 0 saturated heterocycles. The summed E-state index contributed by atoms with van der Waals surface area (Å²) >= 11 is 0. The lowest BCUT2D eigenvalue weighted by Crippen LogP contribution is -2.28. The maximum atomic E-state index is 10.8. The van der Waals surface area contributed by atoms with Gasteiger partial charge in [-0.15, -0.1) is 0 Å². The van der Waals surface area contributed by atoms with Crippen LogP contribution in [0.4, 0.5) is 5.69 Å². The summed E-state index contributed by atoms with van der Waals surface area (Å²) in [6.45, 7) is 0.550. The third-order valence-corrected chi connectivity index (χ3v) is 4.63. The zero-order chi connectivity index (χ0) is 17.5. The van der Waals surface area contributed by atoms with E-state index in [2.05, 4.69) is 0 Å². The second kappa shape index (κ2) is 8.26. The largest absolute Gasteiger partial charge is 0.371 e. The molecule has 8 nitrogen and oxygen atoms in total. The minimum absolute atomic E-state index is 0.157. The van der Waals surface area contributed by atoms with Gasteiger partial charge in [-0.3, -0.25) is 9.11 Å². The number of nitriles is 1. The second-order valence-electron chi connectivity index (χ2n) is 4.92. The summed E-state index contributed by atoms with van der Waals surface area (Å²) in [4.78, 5) is 1.73. The molecule has 0 aromatic heterocycles. The van der Waals surface area contributed by atoms with Crippen molar-refractivity contribution < 1.29 is 25.9 Å². The van der Waals surface area contributed by atoms with Gasteiger partial charge in [0.05, 0.1) is 23.1 Å². The molecule has 0 fully saturated rings. The Labute approximate surface area is 135 Å². The van der Waals surface area contributed by atoms with Crippen molar-refractivity contribution in [1.29, 1.82) is 5.26 Å². The van der Waals surface area contributed by atoms with Gasteiger partial charge in [-0.05, 0) is 37.1 Å². The SMILES string of the molecule is N#Cc1ccc(N(CCCS(=O)(=O)O)CCCS(=O)(=O)O)cc1. The van der Waals surface area contributed by atoms with Gasteiger partial charge in [0, 0.05) is 18.8 Å². The molecule has 0 heterocycles. The van der Waals surface area contributed by atoms with Crippen LogP contribution in [0.25, 0.3) is 0 Å². The number of hydrogen-bond donors (Lipinski definition) is 2. The van der Waals surface area contributed by atoms with E-state index in [0.717, 1.165) is 0 Å². The molecule has 0 aliphatic rings.